The lowest BCUT2D eigenvalue weighted by molar-refractivity contribution is -0.145. The molecule has 4 rings (SSSR count). The van der Waals surface area contributed by atoms with Crippen molar-refractivity contribution in [3.63, 3.8) is 0 Å². The number of nitrogens with two attached hydrogens (primary N) is 1. The molecule has 0 radical (unpaired) electrons. The van der Waals surface area contributed by atoms with Gasteiger partial charge in [-0.15, -0.1) is 0 Å². The first-order chi connectivity index (χ1) is 21.1. The van der Waals surface area contributed by atoms with Crippen molar-refractivity contribution < 1.29 is 27.5 Å². The number of methoxy groups -OCH3 is 1. The van der Waals surface area contributed by atoms with Crippen LogP contribution in [0.15, 0.2) is 77.7 Å². The van der Waals surface area contributed by atoms with Gasteiger partial charge in [0, 0.05) is 26.1 Å². The number of fused-ring (bicyclic) bond motifs is 1. The van der Waals surface area contributed by atoms with Gasteiger partial charge in [-0.25, -0.2) is 13.2 Å². The number of nitrogens with zero attached hydrogens (tertiary/aromatic N) is 1. The highest BCUT2D eigenvalue weighted by Crippen LogP contribution is 2.20. The molecule has 13 heteroatoms. The number of ether oxygens (including phenoxy) is 1. The van der Waals surface area contributed by atoms with E-state index in [4.69, 9.17) is 15.9 Å². The van der Waals surface area contributed by atoms with Gasteiger partial charge < -0.3 is 26.0 Å². The number of rotatable bonds is 12. The molecule has 1 heterocycles. The number of hydrogen-bond acceptors (Lipinski definition) is 7. The largest absolute Gasteiger partial charge is 0.467 e. The fraction of sp³-hybridized carbons (Fsp3) is 0.355. The normalized spacial score (nSPS) is 16.5. The number of carbonyl (C=O) groups excluding carboxylic acids is 3. The number of guanidine groups is 1. The van der Waals surface area contributed by atoms with E-state index < -0.39 is 46.3 Å². The van der Waals surface area contributed by atoms with Crippen LogP contribution < -0.4 is 21.1 Å². The molecule has 0 unspecified atom stereocenters. The number of esters is 1. The standard InChI is InChI=1S/C31H38N6O6S/c1-43-30(40)27(16-21-8-3-2-4-9-21)35-29(39)26(18-28(38)34-19-22-10-7-15-37(20-22)31(32)33)36-44(41,42)25-14-13-23-11-5-6-12-24(23)17-25/h2-6,8-9,11-14,17,22,26-27,36H,7,10,15-16,18-20H2,1H3,(H3,32,33)(H,34,38)(H,35,39)/t22-,26-,27+/m0/s1. The molecule has 3 aromatic carbocycles. The van der Waals surface area contributed by atoms with Gasteiger partial charge in [0.1, 0.15) is 12.1 Å². The Morgan fingerprint density at radius 1 is 1.02 bits per heavy atom. The van der Waals surface area contributed by atoms with Crippen LogP contribution >= 0.6 is 0 Å². The Morgan fingerprint density at radius 2 is 1.73 bits per heavy atom. The van der Waals surface area contributed by atoms with Gasteiger partial charge in [-0.2, -0.15) is 4.72 Å². The van der Waals surface area contributed by atoms with Gasteiger partial charge in [-0.3, -0.25) is 15.0 Å². The third-order valence-corrected chi connectivity index (χ3v) is 9.04. The van der Waals surface area contributed by atoms with Crippen LogP contribution in [-0.2, 0) is 35.6 Å². The summed E-state index contributed by atoms with van der Waals surface area (Å²) in [6, 6.07) is 18.1. The molecule has 2 amide bonds. The smallest absolute Gasteiger partial charge is 0.328 e. The lowest BCUT2D eigenvalue weighted by Crippen LogP contribution is -2.54. The van der Waals surface area contributed by atoms with E-state index in [9.17, 15) is 22.8 Å². The van der Waals surface area contributed by atoms with Crippen molar-refractivity contribution in [3.8, 4) is 0 Å². The average molecular weight is 623 g/mol. The van der Waals surface area contributed by atoms with Crippen molar-refractivity contribution in [2.24, 2.45) is 11.7 Å². The quantitative estimate of drug-likeness (QED) is 0.114. The maximum absolute atomic E-state index is 13.6. The zero-order chi connectivity index (χ0) is 31.7. The van der Waals surface area contributed by atoms with Crippen LogP contribution in [0, 0.1) is 11.3 Å². The number of amides is 2. The molecule has 0 aliphatic carbocycles. The molecule has 1 fully saturated rings. The summed E-state index contributed by atoms with van der Waals surface area (Å²) in [6.07, 6.45) is 1.22. The number of carbonyl (C=O) groups is 3. The van der Waals surface area contributed by atoms with Crippen molar-refractivity contribution in [3.05, 3.63) is 78.4 Å². The van der Waals surface area contributed by atoms with Crippen LogP contribution in [0.3, 0.4) is 0 Å². The topological polar surface area (TPSA) is 184 Å². The summed E-state index contributed by atoms with van der Waals surface area (Å²) in [5.74, 6) is -2.11. The Labute approximate surface area is 256 Å². The number of hydrogen-bond donors (Lipinski definition) is 5. The molecule has 1 aliphatic rings. The first-order valence-corrected chi connectivity index (χ1v) is 15.8. The third kappa shape index (κ3) is 8.77. The molecule has 12 nitrogen and oxygen atoms in total. The highest BCUT2D eigenvalue weighted by atomic mass is 32.2. The van der Waals surface area contributed by atoms with Crippen LogP contribution in [-0.4, -0.2) is 75.9 Å². The summed E-state index contributed by atoms with van der Waals surface area (Å²) in [5.41, 5.74) is 6.37. The van der Waals surface area contributed by atoms with Crippen LogP contribution in [0.2, 0.25) is 0 Å². The molecule has 0 aromatic heterocycles. The molecular formula is C31H38N6O6S. The molecule has 0 spiro atoms. The summed E-state index contributed by atoms with van der Waals surface area (Å²) >= 11 is 0. The summed E-state index contributed by atoms with van der Waals surface area (Å²) in [5, 5.41) is 14.6. The van der Waals surface area contributed by atoms with Crippen molar-refractivity contribution >= 4 is 44.5 Å². The summed E-state index contributed by atoms with van der Waals surface area (Å²) in [7, 11) is -3.07. The SMILES string of the molecule is COC(=O)[C@@H](Cc1ccccc1)NC(=O)[C@H](CC(=O)NC[C@@H]1CCCN(C(=N)N)C1)NS(=O)(=O)c1ccc2ccccc2c1. The molecule has 1 saturated heterocycles. The van der Waals surface area contributed by atoms with E-state index in [1.54, 1.807) is 47.4 Å². The van der Waals surface area contributed by atoms with E-state index in [1.807, 2.05) is 18.2 Å². The third-order valence-electron chi connectivity index (χ3n) is 7.57. The number of likely N-dealkylation sites (tertiary alicyclic amines) is 1. The fourth-order valence-corrected chi connectivity index (χ4v) is 6.43. The molecule has 3 atom stereocenters. The van der Waals surface area contributed by atoms with Crippen molar-refractivity contribution in [1.82, 2.24) is 20.3 Å². The average Bonchev–Trinajstić information content (AvgIpc) is 3.03. The minimum absolute atomic E-state index is 0.0310. The summed E-state index contributed by atoms with van der Waals surface area (Å²) in [4.78, 5) is 40.9. The molecule has 44 heavy (non-hydrogen) atoms. The van der Waals surface area contributed by atoms with E-state index in [0.29, 0.717) is 18.5 Å². The van der Waals surface area contributed by atoms with Crippen molar-refractivity contribution in [1.29, 1.82) is 5.41 Å². The Bertz CT molecular complexity index is 1600. The first-order valence-electron chi connectivity index (χ1n) is 14.3. The minimum atomic E-state index is -4.27. The molecule has 0 bridgehead atoms. The van der Waals surface area contributed by atoms with Gasteiger partial charge in [0.25, 0.3) is 0 Å². The lowest BCUT2D eigenvalue weighted by atomic mass is 9.98. The maximum Gasteiger partial charge on any atom is 0.328 e. The summed E-state index contributed by atoms with van der Waals surface area (Å²) < 4.78 is 34.3. The molecule has 6 N–H and O–H groups in total. The van der Waals surface area contributed by atoms with E-state index in [2.05, 4.69) is 15.4 Å². The predicted molar refractivity (Wildman–Crippen MR) is 166 cm³/mol. The summed E-state index contributed by atoms with van der Waals surface area (Å²) in [6.45, 7) is 1.45. The number of sulfonamides is 1. The van der Waals surface area contributed by atoms with Crippen molar-refractivity contribution in [2.75, 3.05) is 26.7 Å². The Balaban J connectivity index is 1.52. The first kappa shape index (κ1) is 32.4. The van der Waals surface area contributed by atoms with Crippen LogP contribution in [0.25, 0.3) is 10.8 Å². The predicted octanol–water partition coefficient (Wildman–Crippen LogP) is 1.50. The zero-order valence-electron chi connectivity index (χ0n) is 24.5. The molecule has 0 saturated carbocycles. The van der Waals surface area contributed by atoms with Gasteiger partial charge in [0.2, 0.25) is 21.8 Å². The molecule has 234 valence electrons. The second-order valence-electron chi connectivity index (χ2n) is 10.8. The van der Waals surface area contributed by atoms with Gasteiger partial charge in [0.15, 0.2) is 5.96 Å². The number of benzene rings is 3. The van der Waals surface area contributed by atoms with Gasteiger partial charge in [-0.1, -0.05) is 60.7 Å². The Kier molecular flexibility index (Phi) is 10.9. The van der Waals surface area contributed by atoms with Gasteiger partial charge in [0.05, 0.1) is 18.4 Å². The van der Waals surface area contributed by atoms with Crippen LogP contribution in [0.5, 0.6) is 0 Å². The van der Waals surface area contributed by atoms with E-state index in [-0.39, 0.29) is 29.7 Å². The lowest BCUT2D eigenvalue weighted by Gasteiger charge is -2.33. The van der Waals surface area contributed by atoms with E-state index in [0.717, 1.165) is 23.8 Å². The van der Waals surface area contributed by atoms with Crippen LogP contribution in [0.4, 0.5) is 0 Å². The van der Waals surface area contributed by atoms with E-state index >= 15 is 0 Å². The second kappa shape index (κ2) is 14.8. The van der Waals surface area contributed by atoms with Crippen molar-refractivity contribution in [2.45, 2.75) is 42.7 Å². The van der Waals surface area contributed by atoms with E-state index in [1.165, 1.54) is 19.2 Å². The fourth-order valence-electron chi connectivity index (χ4n) is 5.20. The van der Waals surface area contributed by atoms with Gasteiger partial charge in [-0.05, 0) is 47.2 Å². The monoisotopic (exact) mass is 622 g/mol. The Hall–Kier alpha value is -4.49. The Morgan fingerprint density at radius 3 is 2.43 bits per heavy atom. The number of nitrogens with one attached hydrogen (secondary N) is 4. The van der Waals surface area contributed by atoms with Crippen LogP contribution in [0.1, 0.15) is 24.8 Å². The number of piperidine rings is 1. The van der Waals surface area contributed by atoms with Gasteiger partial charge >= 0.3 is 5.97 Å². The second-order valence-corrected chi connectivity index (χ2v) is 12.5. The molecular weight excluding hydrogens is 584 g/mol. The maximum atomic E-state index is 13.6. The molecule has 1 aliphatic heterocycles. The highest BCUT2D eigenvalue weighted by molar-refractivity contribution is 7.89. The molecule has 3 aromatic rings. The minimum Gasteiger partial charge on any atom is -0.467 e. The zero-order valence-corrected chi connectivity index (χ0v) is 25.3. The highest BCUT2D eigenvalue weighted by Gasteiger charge is 2.32.